The summed E-state index contributed by atoms with van der Waals surface area (Å²) in [6.45, 7) is 7.25. The predicted molar refractivity (Wildman–Crippen MR) is 66.3 cm³/mol. The minimum absolute atomic E-state index is 0.0725. The molecule has 90 valence electrons. The van der Waals surface area contributed by atoms with Crippen LogP contribution in [0.1, 0.15) is 25.1 Å². The van der Waals surface area contributed by atoms with Gasteiger partial charge in [0, 0.05) is 42.7 Å². The molecule has 0 bridgehead atoms. The summed E-state index contributed by atoms with van der Waals surface area (Å²) in [5.74, 6) is 0.467. The molecular formula is C12H21N3O. The molecule has 0 radical (unpaired) electrons. The van der Waals surface area contributed by atoms with Crippen LogP contribution in [0, 0.1) is 12.8 Å². The summed E-state index contributed by atoms with van der Waals surface area (Å²) in [6.07, 6.45) is 1.76. The van der Waals surface area contributed by atoms with E-state index in [1.54, 1.807) is 12.3 Å². The first-order valence-electron chi connectivity index (χ1n) is 5.66. The normalized spacial score (nSPS) is 13.1. The lowest BCUT2D eigenvalue weighted by atomic mass is 10.0. The maximum atomic E-state index is 11.6. The fraction of sp³-hybridized carbons (Fsp3) is 0.583. The molecule has 0 aromatic carbocycles. The van der Waals surface area contributed by atoms with E-state index in [9.17, 15) is 4.79 Å². The molecule has 0 amide bonds. The van der Waals surface area contributed by atoms with Crippen LogP contribution >= 0.6 is 0 Å². The highest BCUT2D eigenvalue weighted by atomic mass is 16.1. The van der Waals surface area contributed by atoms with Crippen LogP contribution in [-0.2, 0) is 6.54 Å². The molecule has 0 fully saturated rings. The fourth-order valence-electron chi connectivity index (χ4n) is 1.57. The Bertz CT molecular complexity index is 384. The van der Waals surface area contributed by atoms with Gasteiger partial charge in [0.15, 0.2) is 5.43 Å². The van der Waals surface area contributed by atoms with Gasteiger partial charge in [0.05, 0.1) is 0 Å². The molecule has 0 aliphatic rings. The van der Waals surface area contributed by atoms with Crippen LogP contribution in [0.25, 0.3) is 0 Å². The van der Waals surface area contributed by atoms with Crippen molar-refractivity contribution in [3.8, 4) is 0 Å². The monoisotopic (exact) mass is 223 g/mol. The van der Waals surface area contributed by atoms with E-state index >= 15 is 0 Å². The van der Waals surface area contributed by atoms with Crippen molar-refractivity contribution in [1.29, 1.82) is 0 Å². The van der Waals surface area contributed by atoms with Crippen LogP contribution in [0.15, 0.2) is 17.1 Å². The smallest absolute Gasteiger partial charge is 0.186 e. The van der Waals surface area contributed by atoms with Crippen LogP contribution < -0.4 is 16.5 Å². The molecule has 0 spiro atoms. The average Bonchev–Trinajstić information content (AvgIpc) is 2.21. The number of hydrogen-bond acceptors (Lipinski definition) is 3. The van der Waals surface area contributed by atoms with Crippen LogP contribution in [0.3, 0.4) is 0 Å². The van der Waals surface area contributed by atoms with Crippen molar-refractivity contribution in [2.45, 2.75) is 33.4 Å². The van der Waals surface area contributed by atoms with E-state index in [-0.39, 0.29) is 11.5 Å². The Morgan fingerprint density at radius 2 is 2.19 bits per heavy atom. The molecule has 1 aromatic rings. The Labute approximate surface area is 96.3 Å². The Kier molecular flexibility index (Phi) is 4.71. The Morgan fingerprint density at radius 3 is 2.69 bits per heavy atom. The van der Waals surface area contributed by atoms with Gasteiger partial charge < -0.3 is 16.0 Å². The van der Waals surface area contributed by atoms with Gasteiger partial charge in [-0.1, -0.05) is 13.8 Å². The second kappa shape index (κ2) is 5.82. The molecule has 4 N–H and O–H groups in total. The van der Waals surface area contributed by atoms with Gasteiger partial charge in [-0.05, 0) is 12.8 Å². The van der Waals surface area contributed by atoms with E-state index in [0.29, 0.717) is 19.0 Å². The highest BCUT2D eigenvalue weighted by Gasteiger charge is 2.10. The lowest BCUT2D eigenvalue weighted by Gasteiger charge is -2.20. The van der Waals surface area contributed by atoms with Gasteiger partial charge in [0.25, 0.3) is 0 Å². The third-order valence-electron chi connectivity index (χ3n) is 2.75. The zero-order valence-corrected chi connectivity index (χ0v) is 10.2. The highest BCUT2D eigenvalue weighted by molar-refractivity contribution is 5.13. The second-order valence-corrected chi connectivity index (χ2v) is 4.47. The summed E-state index contributed by atoms with van der Waals surface area (Å²) < 4.78 is 0. The van der Waals surface area contributed by atoms with Gasteiger partial charge in [-0.3, -0.25) is 4.79 Å². The lowest BCUT2D eigenvalue weighted by Crippen LogP contribution is -2.40. The topological polar surface area (TPSA) is 70.9 Å². The molecule has 1 rings (SSSR count). The molecule has 1 unspecified atom stereocenters. The number of hydrogen-bond donors (Lipinski definition) is 3. The van der Waals surface area contributed by atoms with Gasteiger partial charge in [-0.2, -0.15) is 0 Å². The van der Waals surface area contributed by atoms with Gasteiger partial charge in [-0.15, -0.1) is 0 Å². The number of pyridine rings is 1. The Morgan fingerprint density at radius 1 is 1.50 bits per heavy atom. The zero-order chi connectivity index (χ0) is 12.1. The molecule has 0 aliphatic carbocycles. The second-order valence-electron chi connectivity index (χ2n) is 4.47. The van der Waals surface area contributed by atoms with Crippen LogP contribution in [-0.4, -0.2) is 17.6 Å². The number of aryl methyl sites for hydroxylation is 1. The quantitative estimate of drug-likeness (QED) is 0.690. The highest BCUT2D eigenvalue weighted by Crippen LogP contribution is 2.01. The molecule has 4 nitrogen and oxygen atoms in total. The third-order valence-corrected chi connectivity index (χ3v) is 2.75. The van der Waals surface area contributed by atoms with Crippen molar-refractivity contribution >= 4 is 0 Å². The molecule has 0 saturated heterocycles. The van der Waals surface area contributed by atoms with E-state index in [0.717, 1.165) is 11.3 Å². The fourth-order valence-corrected chi connectivity index (χ4v) is 1.57. The summed E-state index contributed by atoms with van der Waals surface area (Å²) in [5.41, 5.74) is 7.36. The third kappa shape index (κ3) is 3.47. The van der Waals surface area contributed by atoms with Crippen LogP contribution in [0.2, 0.25) is 0 Å². The zero-order valence-electron chi connectivity index (χ0n) is 10.2. The Hall–Kier alpha value is -1.13. The number of rotatable bonds is 5. The molecule has 4 heteroatoms. The molecule has 0 saturated carbocycles. The molecule has 1 heterocycles. The first kappa shape index (κ1) is 12.9. The van der Waals surface area contributed by atoms with Crippen molar-refractivity contribution in [1.82, 2.24) is 10.3 Å². The molecule has 1 atom stereocenters. The van der Waals surface area contributed by atoms with Crippen molar-refractivity contribution in [2.24, 2.45) is 11.7 Å². The molecule has 1 aromatic heterocycles. The first-order valence-corrected chi connectivity index (χ1v) is 5.66. The van der Waals surface area contributed by atoms with Crippen molar-refractivity contribution < 1.29 is 0 Å². The van der Waals surface area contributed by atoms with Crippen LogP contribution in [0.5, 0.6) is 0 Å². The summed E-state index contributed by atoms with van der Waals surface area (Å²) in [5, 5.41) is 3.30. The lowest BCUT2D eigenvalue weighted by molar-refractivity contribution is 0.404. The summed E-state index contributed by atoms with van der Waals surface area (Å²) in [7, 11) is 0. The summed E-state index contributed by atoms with van der Waals surface area (Å²) >= 11 is 0. The standard InChI is InChI=1S/C12H21N3O/c1-8(2)11(5-13)15-7-10-6-14-9(3)4-12(10)16/h4,6,8,11,15H,5,7,13H2,1-3H3,(H,14,16). The minimum atomic E-state index is 0.0725. The number of aromatic amines is 1. The molecule has 0 aliphatic heterocycles. The van der Waals surface area contributed by atoms with Gasteiger partial charge in [-0.25, -0.2) is 0 Å². The predicted octanol–water partition coefficient (Wildman–Crippen LogP) is 0.756. The minimum Gasteiger partial charge on any atom is -0.365 e. The SMILES string of the molecule is Cc1cc(=O)c(CNC(CN)C(C)C)c[nH]1. The first-order chi connectivity index (χ1) is 7.54. The van der Waals surface area contributed by atoms with Crippen molar-refractivity contribution in [3.63, 3.8) is 0 Å². The van der Waals surface area contributed by atoms with Crippen LogP contribution in [0.4, 0.5) is 0 Å². The van der Waals surface area contributed by atoms with E-state index in [1.165, 1.54) is 0 Å². The molecular weight excluding hydrogens is 202 g/mol. The molecule has 16 heavy (non-hydrogen) atoms. The Balaban J connectivity index is 2.64. The maximum Gasteiger partial charge on any atom is 0.186 e. The number of nitrogens with two attached hydrogens (primary N) is 1. The number of nitrogens with one attached hydrogen (secondary N) is 2. The number of H-pyrrole nitrogens is 1. The van der Waals surface area contributed by atoms with Gasteiger partial charge in [0.2, 0.25) is 0 Å². The van der Waals surface area contributed by atoms with Gasteiger partial charge in [0.1, 0.15) is 0 Å². The summed E-state index contributed by atoms with van der Waals surface area (Å²) in [6, 6.07) is 1.87. The largest absolute Gasteiger partial charge is 0.365 e. The van der Waals surface area contributed by atoms with E-state index in [2.05, 4.69) is 24.1 Å². The maximum absolute atomic E-state index is 11.6. The van der Waals surface area contributed by atoms with E-state index < -0.39 is 0 Å². The van der Waals surface area contributed by atoms with Crippen molar-refractivity contribution in [3.05, 3.63) is 33.7 Å². The number of aromatic nitrogens is 1. The van der Waals surface area contributed by atoms with Crippen molar-refractivity contribution in [2.75, 3.05) is 6.54 Å². The van der Waals surface area contributed by atoms with E-state index in [1.807, 2.05) is 6.92 Å². The average molecular weight is 223 g/mol. The van der Waals surface area contributed by atoms with Gasteiger partial charge >= 0.3 is 0 Å². The van der Waals surface area contributed by atoms with E-state index in [4.69, 9.17) is 5.73 Å². The summed E-state index contributed by atoms with van der Waals surface area (Å²) in [4.78, 5) is 14.7.